The van der Waals surface area contributed by atoms with Crippen LogP contribution in [0.25, 0.3) is 0 Å². The Morgan fingerprint density at radius 2 is 1.88 bits per heavy atom. The van der Waals surface area contributed by atoms with E-state index in [4.69, 9.17) is 4.74 Å². The second-order valence-corrected chi connectivity index (χ2v) is 5.98. The third-order valence-corrected chi connectivity index (χ3v) is 4.34. The molecule has 0 bridgehead atoms. The van der Waals surface area contributed by atoms with Crippen LogP contribution in [-0.2, 0) is 4.74 Å². The molecule has 1 saturated heterocycles. The lowest BCUT2D eigenvalue weighted by Gasteiger charge is -2.34. The van der Waals surface area contributed by atoms with Crippen LogP contribution in [0, 0.1) is 0 Å². The van der Waals surface area contributed by atoms with Gasteiger partial charge in [0.05, 0.1) is 18.4 Å². The van der Waals surface area contributed by atoms with Crippen LogP contribution < -0.4 is 10.2 Å². The van der Waals surface area contributed by atoms with Gasteiger partial charge < -0.3 is 19.9 Å². The number of piperazine rings is 1. The molecule has 0 saturated carbocycles. The molecular weight excluding hydrogens is 332 g/mol. The Kier molecular flexibility index (Phi) is 5.96. The van der Waals surface area contributed by atoms with Crippen LogP contribution in [0.1, 0.15) is 24.2 Å². The van der Waals surface area contributed by atoms with Crippen LogP contribution >= 0.6 is 0 Å². The summed E-state index contributed by atoms with van der Waals surface area (Å²) in [4.78, 5) is 20.9. The highest BCUT2D eigenvalue weighted by Crippen LogP contribution is 2.17. The average molecular weight is 356 g/mol. The first-order chi connectivity index (χ1) is 12.7. The lowest BCUT2D eigenvalue weighted by atomic mass is 10.2. The Hall–Kier alpha value is -2.74. The van der Waals surface area contributed by atoms with Gasteiger partial charge in [0.25, 0.3) is 0 Å². The van der Waals surface area contributed by atoms with E-state index in [1.165, 1.54) is 0 Å². The SMILES string of the molecule is CCOC(=O)c1ccc(Nc2nncc(N3CCN(CC)CC3)n2)cc1. The number of ether oxygens (including phenoxy) is 1. The number of benzene rings is 1. The predicted octanol–water partition coefficient (Wildman–Crippen LogP) is 1.93. The number of nitrogens with one attached hydrogen (secondary N) is 1. The van der Waals surface area contributed by atoms with E-state index >= 15 is 0 Å². The van der Waals surface area contributed by atoms with Crippen LogP contribution in [0.3, 0.4) is 0 Å². The van der Waals surface area contributed by atoms with E-state index in [1.54, 1.807) is 37.4 Å². The summed E-state index contributed by atoms with van der Waals surface area (Å²) in [5.41, 5.74) is 1.30. The molecule has 0 aliphatic carbocycles. The van der Waals surface area contributed by atoms with Crippen molar-refractivity contribution in [3.8, 4) is 0 Å². The van der Waals surface area contributed by atoms with Crippen LogP contribution in [0.2, 0.25) is 0 Å². The summed E-state index contributed by atoms with van der Waals surface area (Å²) >= 11 is 0. The zero-order valence-corrected chi connectivity index (χ0v) is 15.2. The van der Waals surface area contributed by atoms with Crippen LogP contribution in [0.15, 0.2) is 30.5 Å². The lowest BCUT2D eigenvalue weighted by molar-refractivity contribution is 0.0526. The molecule has 1 aliphatic heterocycles. The molecule has 0 radical (unpaired) electrons. The van der Waals surface area contributed by atoms with Gasteiger partial charge in [0.15, 0.2) is 5.82 Å². The maximum absolute atomic E-state index is 11.7. The van der Waals surface area contributed by atoms with E-state index in [2.05, 4.69) is 37.2 Å². The van der Waals surface area contributed by atoms with E-state index in [0.717, 1.165) is 44.2 Å². The largest absolute Gasteiger partial charge is 0.462 e. The molecule has 0 unspecified atom stereocenters. The van der Waals surface area contributed by atoms with Crippen LogP contribution in [0.4, 0.5) is 17.5 Å². The first-order valence-corrected chi connectivity index (χ1v) is 8.90. The zero-order chi connectivity index (χ0) is 18.4. The van der Waals surface area contributed by atoms with Crippen molar-refractivity contribution in [2.75, 3.05) is 49.5 Å². The Morgan fingerprint density at radius 1 is 1.15 bits per heavy atom. The topological polar surface area (TPSA) is 83.5 Å². The molecular formula is C18H24N6O2. The van der Waals surface area contributed by atoms with Gasteiger partial charge in [-0.2, -0.15) is 10.1 Å². The number of rotatable bonds is 6. The molecule has 0 spiro atoms. The van der Waals surface area contributed by atoms with Gasteiger partial charge in [-0.15, -0.1) is 5.10 Å². The highest BCUT2D eigenvalue weighted by atomic mass is 16.5. The predicted molar refractivity (Wildman–Crippen MR) is 99.8 cm³/mol. The van der Waals surface area contributed by atoms with E-state index in [-0.39, 0.29) is 5.97 Å². The van der Waals surface area contributed by atoms with E-state index in [1.807, 2.05) is 0 Å². The number of hydrogen-bond acceptors (Lipinski definition) is 8. The molecule has 2 aromatic rings. The maximum Gasteiger partial charge on any atom is 0.338 e. The monoisotopic (exact) mass is 356 g/mol. The fourth-order valence-electron chi connectivity index (χ4n) is 2.83. The van der Waals surface area contributed by atoms with Crippen LogP contribution in [0.5, 0.6) is 0 Å². The van der Waals surface area contributed by atoms with Crippen molar-refractivity contribution in [3.05, 3.63) is 36.0 Å². The van der Waals surface area contributed by atoms with Gasteiger partial charge in [0.2, 0.25) is 5.95 Å². The third-order valence-electron chi connectivity index (χ3n) is 4.34. The van der Waals surface area contributed by atoms with Crippen LogP contribution in [-0.4, -0.2) is 65.4 Å². The maximum atomic E-state index is 11.7. The van der Waals surface area contributed by atoms with Gasteiger partial charge in [-0.3, -0.25) is 0 Å². The first kappa shape index (κ1) is 18.1. The van der Waals surface area contributed by atoms with E-state index in [0.29, 0.717) is 18.1 Å². The number of carbonyl (C=O) groups is 1. The van der Waals surface area contributed by atoms with E-state index in [9.17, 15) is 4.79 Å². The van der Waals surface area contributed by atoms with Gasteiger partial charge in [-0.05, 0) is 37.7 Å². The Balaban J connectivity index is 1.64. The molecule has 1 aliphatic rings. The number of carbonyl (C=O) groups excluding carboxylic acids is 1. The average Bonchev–Trinajstić information content (AvgIpc) is 2.69. The number of likely N-dealkylation sites (N-methyl/N-ethyl adjacent to an activating group) is 1. The van der Waals surface area contributed by atoms with Gasteiger partial charge in [0.1, 0.15) is 0 Å². The van der Waals surface area contributed by atoms with Crippen molar-refractivity contribution in [1.82, 2.24) is 20.1 Å². The zero-order valence-electron chi connectivity index (χ0n) is 15.2. The molecule has 138 valence electrons. The highest BCUT2D eigenvalue weighted by molar-refractivity contribution is 5.89. The first-order valence-electron chi connectivity index (χ1n) is 8.90. The van der Waals surface area contributed by atoms with Crippen molar-refractivity contribution < 1.29 is 9.53 Å². The highest BCUT2D eigenvalue weighted by Gasteiger charge is 2.17. The van der Waals surface area contributed by atoms with Crippen molar-refractivity contribution in [3.63, 3.8) is 0 Å². The summed E-state index contributed by atoms with van der Waals surface area (Å²) in [7, 11) is 0. The minimum atomic E-state index is -0.329. The minimum absolute atomic E-state index is 0.329. The molecule has 2 heterocycles. The second-order valence-electron chi connectivity index (χ2n) is 5.98. The van der Waals surface area contributed by atoms with Crippen molar-refractivity contribution in [1.29, 1.82) is 0 Å². The van der Waals surface area contributed by atoms with Gasteiger partial charge in [0, 0.05) is 31.9 Å². The van der Waals surface area contributed by atoms with Gasteiger partial charge in [-0.25, -0.2) is 4.79 Å². The quantitative estimate of drug-likeness (QED) is 0.786. The third kappa shape index (κ3) is 4.45. The fraction of sp³-hybridized carbons (Fsp3) is 0.444. The smallest absolute Gasteiger partial charge is 0.338 e. The summed E-state index contributed by atoms with van der Waals surface area (Å²) in [6, 6.07) is 7.01. The van der Waals surface area contributed by atoms with Gasteiger partial charge >= 0.3 is 5.97 Å². The standard InChI is InChI=1S/C18H24N6O2/c1-3-23-9-11-24(12-10-23)16-13-19-22-18(21-16)20-15-7-5-14(6-8-15)17(25)26-4-2/h5-8,13H,3-4,9-12H2,1-2H3,(H,20,21,22). The molecule has 0 atom stereocenters. The molecule has 0 amide bonds. The lowest BCUT2D eigenvalue weighted by Crippen LogP contribution is -2.46. The minimum Gasteiger partial charge on any atom is -0.462 e. The number of esters is 1. The molecule has 26 heavy (non-hydrogen) atoms. The second kappa shape index (κ2) is 8.57. The summed E-state index contributed by atoms with van der Waals surface area (Å²) in [5, 5.41) is 11.2. The van der Waals surface area contributed by atoms with Gasteiger partial charge in [-0.1, -0.05) is 6.92 Å². The van der Waals surface area contributed by atoms with E-state index < -0.39 is 0 Å². The Bertz CT molecular complexity index is 729. The number of nitrogens with zero attached hydrogens (tertiary/aromatic N) is 5. The number of aromatic nitrogens is 3. The fourth-order valence-corrected chi connectivity index (χ4v) is 2.83. The van der Waals surface area contributed by atoms with Crippen molar-refractivity contribution in [2.24, 2.45) is 0 Å². The molecule has 3 rings (SSSR count). The number of hydrogen-bond donors (Lipinski definition) is 1. The molecule has 1 fully saturated rings. The summed E-state index contributed by atoms with van der Waals surface area (Å²) in [6.45, 7) is 9.31. The molecule has 8 heteroatoms. The van der Waals surface area contributed by atoms with Crippen molar-refractivity contribution >= 4 is 23.4 Å². The Labute approximate surface area is 153 Å². The molecule has 1 aromatic carbocycles. The summed E-state index contributed by atoms with van der Waals surface area (Å²) < 4.78 is 4.98. The molecule has 1 aromatic heterocycles. The number of anilines is 3. The summed E-state index contributed by atoms with van der Waals surface area (Å²) in [5.74, 6) is 0.927. The van der Waals surface area contributed by atoms with Crippen molar-refractivity contribution in [2.45, 2.75) is 13.8 Å². The summed E-state index contributed by atoms with van der Waals surface area (Å²) in [6.07, 6.45) is 1.69. The Morgan fingerprint density at radius 3 is 2.54 bits per heavy atom. The normalized spacial score (nSPS) is 14.9. The molecule has 8 nitrogen and oxygen atoms in total. The molecule has 1 N–H and O–H groups in total.